The standard InChI is InChI=1S/C17H31NO5/c1-4-8-15(14(17(20)21)11-13(3)5-2)18(12-19)23-16-9-6-7-10-22-16/h12-16H,4-11H2,1-3H3,(H,20,21)/t13?,14-,15?,16?/m0/s1. The minimum Gasteiger partial charge on any atom is -0.481 e. The Hall–Kier alpha value is -1.14. The number of hydrogen-bond acceptors (Lipinski definition) is 4. The van der Waals surface area contributed by atoms with E-state index >= 15 is 0 Å². The van der Waals surface area contributed by atoms with E-state index in [0.717, 1.165) is 32.1 Å². The predicted octanol–water partition coefficient (Wildman–Crippen LogP) is 3.21. The van der Waals surface area contributed by atoms with Crippen molar-refractivity contribution in [2.45, 2.75) is 78.0 Å². The van der Waals surface area contributed by atoms with Gasteiger partial charge >= 0.3 is 5.97 Å². The lowest BCUT2D eigenvalue weighted by Gasteiger charge is -2.35. The summed E-state index contributed by atoms with van der Waals surface area (Å²) in [5, 5.41) is 10.8. The summed E-state index contributed by atoms with van der Waals surface area (Å²) in [7, 11) is 0. The fourth-order valence-corrected chi connectivity index (χ4v) is 2.94. The van der Waals surface area contributed by atoms with Crippen molar-refractivity contribution in [2.75, 3.05) is 6.61 Å². The zero-order valence-electron chi connectivity index (χ0n) is 14.6. The summed E-state index contributed by atoms with van der Waals surface area (Å²) in [6, 6.07) is -0.463. The number of ether oxygens (including phenoxy) is 1. The van der Waals surface area contributed by atoms with Gasteiger partial charge in [0.05, 0.1) is 12.0 Å². The number of rotatable bonds is 11. The van der Waals surface area contributed by atoms with E-state index in [9.17, 15) is 14.7 Å². The lowest BCUT2D eigenvalue weighted by molar-refractivity contribution is -0.290. The summed E-state index contributed by atoms with van der Waals surface area (Å²) in [5.74, 6) is -1.21. The van der Waals surface area contributed by atoms with E-state index in [1.807, 2.05) is 20.8 Å². The Labute approximate surface area is 139 Å². The zero-order chi connectivity index (χ0) is 17.2. The highest BCUT2D eigenvalue weighted by atomic mass is 16.8. The maximum atomic E-state index is 11.8. The molecule has 3 unspecified atom stereocenters. The first-order valence-corrected chi connectivity index (χ1v) is 8.78. The number of aliphatic carboxylic acids is 1. The topological polar surface area (TPSA) is 76.1 Å². The van der Waals surface area contributed by atoms with Gasteiger partial charge in [0.2, 0.25) is 6.41 Å². The Morgan fingerprint density at radius 3 is 2.65 bits per heavy atom. The Morgan fingerprint density at radius 2 is 2.17 bits per heavy atom. The fraction of sp³-hybridized carbons (Fsp3) is 0.882. The minimum atomic E-state index is -0.872. The summed E-state index contributed by atoms with van der Waals surface area (Å²) >= 11 is 0. The summed E-state index contributed by atoms with van der Waals surface area (Å²) in [4.78, 5) is 29.0. The normalized spacial score (nSPS) is 22.1. The quantitative estimate of drug-likeness (QED) is 0.465. The molecule has 1 fully saturated rings. The van der Waals surface area contributed by atoms with Gasteiger partial charge in [0.15, 0.2) is 6.29 Å². The summed E-state index contributed by atoms with van der Waals surface area (Å²) < 4.78 is 5.51. The fourth-order valence-electron chi connectivity index (χ4n) is 2.94. The van der Waals surface area contributed by atoms with Gasteiger partial charge in [-0.2, -0.15) is 0 Å². The Morgan fingerprint density at radius 1 is 1.43 bits per heavy atom. The van der Waals surface area contributed by atoms with Crippen LogP contribution in [-0.2, 0) is 19.2 Å². The second kappa shape index (κ2) is 10.6. The molecule has 134 valence electrons. The van der Waals surface area contributed by atoms with Gasteiger partial charge in [-0.3, -0.25) is 9.59 Å². The average Bonchev–Trinajstić information content (AvgIpc) is 2.56. The van der Waals surface area contributed by atoms with Gasteiger partial charge in [0.1, 0.15) is 0 Å². The molecular weight excluding hydrogens is 298 g/mol. The monoisotopic (exact) mass is 329 g/mol. The highest BCUT2D eigenvalue weighted by Crippen LogP contribution is 2.26. The van der Waals surface area contributed by atoms with E-state index in [2.05, 4.69) is 0 Å². The molecule has 0 aliphatic carbocycles. The lowest BCUT2D eigenvalue weighted by atomic mass is 9.86. The van der Waals surface area contributed by atoms with Crippen molar-refractivity contribution < 1.29 is 24.3 Å². The van der Waals surface area contributed by atoms with Gasteiger partial charge < -0.3 is 9.84 Å². The van der Waals surface area contributed by atoms with Crippen molar-refractivity contribution in [3.63, 3.8) is 0 Å². The van der Waals surface area contributed by atoms with Crippen molar-refractivity contribution in [1.29, 1.82) is 0 Å². The van der Waals surface area contributed by atoms with E-state index in [1.54, 1.807) is 0 Å². The zero-order valence-corrected chi connectivity index (χ0v) is 14.6. The molecule has 1 rings (SSSR count). The van der Waals surface area contributed by atoms with E-state index in [0.29, 0.717) is 25.9 Å². The molecule has 0 radical (unpaired) electrons. The third-order valence-corrected chi connectivity index (χ3v) is 4.53. The molecule has 1 saturated heterocycles. The molecule has 1 heterocycles. The van der Waals surface area contributed by atoms with Crippen LogP contribution in [0.3, 0.4) is 0 Å². The molecule has 1 N–H and O–H groups in total. The van der Waals surface area contributed by atoms with Gasteiger partial charge in [-0.05, 0) is 31.6 Å². The SMILES string of the molecule is CCCC([C@H](CC(C)CC)C(=O)O)N(C=O)OC1CCCCO1. The van der Waals surface area contributed by atoms with Crippen LogP contribution in [0.2, 0.25) is 0 Å². The van der Waals surface area contributed by atoms with Crippen molar-refractivity contribution in [3.8, 4) is 0 Å². The lowest BCUT2D eigenvalue weighted by Crippen LogP contribution is -2.46. The number of carboxylic acids is 1. The van der Waals surface area contributed by atoms with E-state index in [-0.39, 0.29) is 5.92 Å². The Kier molecular flexibility index (Phi) is 9.17. The number of carbonyl (C=O) groups excluding carboxylic acids is 1. The molecule has 1 aliphatic rings. The summed E-state index contributed by atoms with van der Waals surface area (Å²) in [5.41, 5.74) is 0. The second-order valence-corrected chi connectivity index (χ2v) is 6.42. The van der Waals surface area contributed by atoms with Gasteiger partial charge in [-0.1, -0.05) is 33.6 Å². The third kappa shape index (κ3) is 6.47. The van der Waals surface area contributed by atoms with Crippen LogP contribution in [0, 0.1) is 11.8 Å². The number of carboxylic acid groups (broad SMARTS) is 1. The molecule has 6 heteroatoms. The first-order valence-electron chi connectivity index (χ1n) is 8.78. The summed E-state index contributed by atoms with van der Waals surface area (Å²) in [6.45, 7) is 6.68. The van der Waals surface area contributed by atoms with Crippen LogP contribution < -0.4 is 0 Å². The molecule has 1 amide bonds. The van der Waals surface area contributed by atoms with Crippen LogP contribution in [0.1, 0.15) is 65.7 Å². The number of hydroxylamine groups is 2. The molecule has 0 spiro atoms. The second-order valence-electron chi connectivity index (χ2n) is 6.42. The molecule has 1 aliphatic heterocycles. The molecule has 0 bridgehead atoms. The number of hydrogen-bond donors (Lipinski definition) is 1. The number of carbonyl (C=O) groups is 2. The highest BCUT2D eigenvalue weighted by Gasteiger charge is 2.35. The molecule has 4 atom stereocenters. The number of nitrogens with zero attached hydrogens (tertiary/aromatic N) is 1. The van der Waals surface area contributed by atoms with Crippen LogP contribution >= 0.6 is 0 Å². The van der Waals surface area contributed by atoms with Crippen LogP contribution in [0.4, 0.5) is 0 Å². The molecule has 6 nitrogen and oxygen atoms in total. The molecule has 23 heavy (non-hydrogen) atoms. The average molecular weight is 329 g/mol. The third-order valence-electron chi connectivity index (χ3n) is 4.53. The summed E-state index contributed by atoms with van der Waals surface area (Å²) in [6.07, 6.45) is 5.69. The van der Waals surface area contributed by atoms with Crippen molar-refractivity contribution in [1.82, 2.24) is 5.06 Å². The van der Waals surface area contributed by atoms with Gasteiger partial charge in [-0.15, -0.1) is 0 Å². The maximum absolute atomic E-state index is 11.8. The maximum Gasteiger partial charge on any atom is 0.308 e. The highest BCUT2D eigenvalue weighted by molar-refractivity contribution is 5.71. The molecule has 0 saturated carbocycles. The van der Waals surface area contributed by atoms with Gasteiger partial charge in [0.25, 0.3) is 0 Å². The van der Waals surface area contributed by atoms with Crippen molar-refractivity contribution >= 4 is 12.4 Å². The van der Waals surface area contributed by atoms with E-state index in [1.165, 1.54) is 5.06 Å². The van der Waals surface area contributed by atoms with Crippen molar-refractivity contribution in [2.24, 2.45) is 11.8 Å². The van der Waals surface area contributed by atoms with Crippen molar-refractivity contribution in [3.05, 3.63) is 0 Å². The van der Waals surface area contributed by atoms with Gasteiger partial charge in [0, 0.05) is 13.0 Å². The molecule has 0 aromatic heterocycles. The molecule has 0 aromatic carbocycles. The number of amides is 1. The largest absolute Gasteiger partial charge is 0.481 e. The Bertz CT molecular complexity index is 357. The minimum absolute atomic E-state index is 0.287. The van der Waals surface area contributed by atoms with Crippen LogP contribution in [0.15, 0.2) is 0 Å². The predicted molar refractivity (Wildman–Crippen MR) is 86.5 cm³/mol. The van der Waals surface area contributed by atoms with E-state index < -0.39 is 24.2 Å². The van der Waals surface area contributed by atoms with Gasteiger partial charge in [-0.25, -0.2) is 9.90 Å². The molecular formula is C17H31NO5. The first kappa shape index (κ1) is 19.9. The molecule has 0 aromatic rings. The van der Waals surface area contributed by atoms with E-state index in [4.69, 9.17) is 9.57 Å². The van der Waals surface area contributed by atoms with Crippen LogP contribution in [-0.4, -0.2) is 41.5 Å². The smallest absolute Gasteiger partial charge is 0.308 e. The Balaban J connectivity index is 2.83. The van der Waals surface area contributed by atoms with Crippen LogP contribution in [0.5, 0.6) is 0 Å². The van der Waals surface area contributed by atoms with Crippen LogP contribution in [0.25, 0.3) is 0 Å². The first-order chi connectivity index (χ1) is 11.0.